The van der Waals surface area contributed by atoms with E-state index < -0.39 is 18.0 Å². The Balaban J connectivity index is 2.64. The number of benzene rings is 1. The van der Waals surface area contributed by atoms with Gasteiger partial charge in [0.05, 0.1) is 17.8 Å². The minimum atomic E-state index is -0.943. The molecule has 1 rings (SSSR count). The van der Waals surface area contributed by atoms with E-state index in [9.17, 15) is 9.59 Å². The van der Waals surface area contributed by atoms with Crippen LogP contribution in [0.4, 0.5) is 16.2 Å². The normalized spacial score (nSPS) is 11.5. The predicted octanol–water partition coefficient (Wildman–Crippen LogP) is 1.74. The van der Waals surface area contributed by atoms with Crippen molar-refractivity contribution in [2.75, 3.05) is 24.3 Å². The number of carboxylic acid groups (broad SMARTS) is 1. The molecule has 0 fully saturated rings. The maximum absolute atomic E-state index is 11.7. The molecule has 104 valence electrons. The zero-order valence-corrected chi connectivity index (χ0v) is 11.3. The molecule has 3 N–H and O–H groups in total. The van der Waals surface area contributed by atoms with E-state index in [0.29, 0.717) is 5.69 Å². The third-order valence-corrected chi connectivity index (χ3v) is 2.49. The zero-order valence-electron chi connectivity index (χ0n) is 11.3. The molecule has 0 radical (unpaired) electrons. The SMILES string of the molecule is CC(CC(=O)O)NC(=O)Nc1ccccc1N(C)C. The molecule has 0 saturated heterocycles. The number of urea groups is 1. The van der Waals surface area contributed by atoms with Crippen LogP contribution < -0.4 is 15.5 Å². The number of carbonyl (C=O) groups is 2. The lowest BCUT2D eigenvalue weighted by Crippen LogP contribution is -2.37. The molecule has 0 aliphatic rings. The lowest BCUT2D eigenvalue weighted by molar-refractivity contribution is -0.137. The molecule has 1 atom stereocenters. The van der Waals surface area contributed by atoms with Crippen molar-refractivity contribution in [1.29, 1.82) is 0 Å². The van der Waals surface area contributed by atoms with Crippen molar-refractivity contribution in [2.24, 2.45) is 0 Å². The molecule has 0 aliphatic carbocycles. The van der Waals surface area contributed by atoms with Crippen LogP contribution in [0.1, 0.15) is 13.3 Å². The Hall–Kier alpha value is -2.24. The average molecular weight is 265 g/mol. The van der Waals surface area contributed by atoms with Gasteiger partial charge in [-0.25, -0.2) is 4.79 Å². The smallest absolute Gasteiger partial charge is 0.319 e. The first-order valence-electron chi connectivity index (χ1n) is 5.96. The number of anilines is 2. The van der Waals surface area contributed by atoms with Crippen molar-refractivity contribution < 1.29 is 14.7 Å². The van der Waals surface area contributed by atoms with Gasteiger partial charge in [0.2, 0.25) is 0 Å². The van der Waals surface area contributed by atoms with Gasteiger partial charge in [-0.1, -0.05) is 12.1 Å². The van der Waals surface area contributed by atoms with Gasteiger partial charge in [0.1, 0.15) is 0 Å². The van der Waals surface area contributed by atoms with Gasteiger partial charge in [0.15, 0.2) is 0 Å². The lowest BCUT2D eigenvalue weighted by Gasteiger charge is -2.19. The van der Waals surface area contributed by atoms with E-state index in [1.165, 1.54) is 0 Å². The molecule has 0 saturated carbocycles. The number of nitrogens with zero attached hydrogens (tertiary/aromatic N) is 1. The number of rotatable bonds is 5. The summed E-state index contributed by atoms with van der Waals surface area (Å²) in [6.07, 6.45) is -0.108. The monoisotopic (exact) mass is 265 g/mol. The summed E-state index contributed by atoms with van der Waals surface area (Å²) in [6.45, 7) is 1.64. The average Bonchev–Trinajstić information content (AvgIpc) is 2.27. The number of hydrogen-bond acceptors (Lipinski definition) is 3. The molecule has 19 heavy (non-hydrogen) atoms. The van der Waals surface area contributed by atoms with Gasteiger partial charge in [-0.2, -0.15) is 0 Å². The van der Waals surface area contributed by atoms with Crippen molar-refractivity contribution in [3.8, 4) is 0 Å². The highest BCUT2D eigenvalue weighted by molar-refractivity contribution is 5.93. The van der Waals surface area contributed by atoms with E-state index >= 15 is 0 Å². The standard InChI is InChI=1S/C13H19N3O3/c1-9(8-12(17)18)14-13(19)15-10-6-4-5-7-11(10)16(2)3/h4-7,9H,8H2,1-3H3,(H,17,18)(H2,14,15,19). The number of amides is 2. The Morgan fingerprint density at radius 3 is 2.53 bits per heavy atom. The summed E-state index contributed by atoms with van der Waals surface area (Å²) in [7, 11) is 3.76. The largest absolute Gasteiger partial charge is 0.481 e. The van der Waals surface area contributed by atoms with E-state index in [4.69, 9.17) is 5.11 Å². The second-order valence-electron chi connectivity index (χ2n) is 4.51. The molecule has 0 aliphatic heterocycles. The maximum Gasteiger partial charge on any atom is 0.319 e. The highest BCUT2D eigenvalue weighted by Crippen LogP contribution is 2.23. The fourth-order valence-corrected chi connectivity index (χ4v) is 1.66. The van der Waals surface area contributed by atoms with Crippen LogP contribution in [0.15, 0.2) is 24.3 Å². The predicted molar refractivity (Wildman–Crippen MR) is 74.6 cm³/mol. The van der Waals surface area contributed by atoms with E-state index in [2.05, 4.69) is 10.6 Å². The van der Waals surface area contributed by atoms with E-state index in [1.54, 1.807) is 13.0 Å². The van der Waals surface area contributed by atoms with Gasteiger partial charge in [0, 0.05) is 20.1 Å². The topological polar surface area (TPSA) is 81.7 Å². The number of para-hydroxylation sites is 2. The Labute approximate surface area is 112 Å². The van der Waals surface area contributed by atoms with Crippen molar-refractivity contribution in [3.63, 3.8) is 0 Å². The molecule has 6 heteroatoms. The molecule has 0 bridgehead atoms. The summed E-state index contributed by atoms with van der Waals surface area (Å²) in [5.74, 6) is -0.943. The highest BCUT2D eigenvalue weighted by atomic mass is 16.4. The minimum Gasteiger partial charge on any atom is -0.481 e. The van der Waals surface area contributed by atoms with Crippen molar-refractivity contribution in [2.45, 2.75) is 19.4 Å². The molecular formula is C13H19N3O3. The third kappa shape index (κ3) is 4.87. The molecular weight excluding hydrogens is 246 g/mol. The molecule has 1 aromatic carbocycles. The summed E-state index contributed by atoms with van der Waals surface area (Å²) in [4.78, 5) is 24.1. The number of aliphatic carboxylic acids is 1. The number of hydrogen-bond donors (Lipinski definition) is 3. The Kier molecular flexibility index (Phi) is 5.17. The fraction of sp³-hybridized carbons (Fsp3) is 0.385. The number of carbonyl (C=O) groups excluding carboxylic acids is 1. The Morgan fingerprint density at radius 1 is 1.32 bits per heavy atom. The second-order valence-corrected chi connectivity index (χ2v) is 4.51. The summed E-state index contributed by atoms with van der Waals surface area (Å²) in [6, 6.07) is 6.54. The second kappa shape index (κ2) is 6.63. The summed E-state index contributed by atoms with van der Waals surface area (Å²) >= 11 is 0. The van der Waals surface area contributed by atoms with Crippen LogP contribution in [0.5, 0.6) is 0 Å². The van der Waals surface area contributed by atoms with Crippen LogP contribution in [0.3, 0.4) is 0 Å². The maximum atomic E-state index is 11.7. The Bertz CT molecular complexity index is 460. The van der Waals surface area contributed by atoms with Crippen LogP contribution in [0.2, 0.25) is 0 Å². The molecule has 0 heterocycles. The van der Waals surface area contributed by atoms with Gasteiger partial charge in [-0.3, -0.25) is 4.79 Å². The van der Waals surface area contributed by atoms with Gasteiger partial charge in [-0.15, -0.1) is 0 Å². The Morgan fingerprint density at radius 2 is 1.95 bits per heavy atom. The van der Waals surface area contributed by atoms with Crippen molar-refractivity contribution in [3.05, 3.63) is 24.3 Å². The fourth-order valence-electron chi connectivity index (χ4n) is 1.66. The summed E-state index contributed by atoms with van der Waals surface area (Å²) in [5.41, 5.74) is 1.55. The molecule has 2 amide bonds. The molecule has 1 aromatic rings. The van der Waals surface area contributed by atoms with Gasteiger partial charge < -0.3 is 20.6 Å². The first kappa shape index (κ1) is 14.8. The van der Waals surface area contributed by atoms with Gasteiger partial charge in [0.25, 0.3) is 0 Å². The first-order chi connectivity index (χ1) is 8.90. The molecule has 0 aromatic heterocycles. The van der Waals surface area contributed by atoms with Crippen LogP contribution in [0.25, 0.3) is 0 Å². The molecule has 0 spiro atoms. The summed E-state index contributed by atoms with van der Waals surface area (Å²) in [5, 5.41) is 13.9. The van der Waals surface area contributed by atoms with E-state index in [-0.39, 0.29) is 6.42 Å². The zero-order chi connectivity index (χ0) is 14.4. The number of nitrogens with one attached hydrogen (secondary N) is 2. The molecule has 1 unspecified atom stereocenters. The van der Waals surface area contributed by atoms with Gasteiger partial charge >= 0.3 is 12.0 Å². The highest BCUT2D eigenvalue weighted by Gasteiger charge is 2.12. The van der Waals surface area contributed by atoms with E-state index in [1.807, 2.05) is 37.2 Å². The van der Waals surface area contributed by atoms with Crippen LogP contribution in [-0.4, -0.2) is 37.2 Å². The van der Waals surface area contributed by atoms with Gasteiger partial charge in [-0.05, 0) is 19.1 Å². The first-order valence-corrected chi connectivity index (χ1v) is 5.96. The van der Waals surface area contributed by atoms with Crippen LogP contribution in [-0.2, 0) is 4.79 Å². The van der Waals surface area contributed by atoms with Crippen molar-refractivity contribution >= 4 is 23.4 Å². The van der Waals surface area contributed by atoms with Crippen molar-refractivity contribution in [1.82, 2.24) is 5.32 Å². The lowest BCUT2D eigenvalue weighted by atomic mass is 10.2. The third-order valence-electron chi connectivity index (χ3n) is 2.49. The van der Waals surface area contributed by atoms with E-state index in [0.717, 1.165) is 5.69 Å². The summed E-state index contributed by atoms with van der Waals surface area (Å²) < 4.78 is 0. The quantitative estimate of drug-likeness (QED) is 0.757. The van der Waals surface area contributed by atoms with Crippen LogP contribution in [0, 0.1) is 0 Å². The molecule has 6 nitrogen and oxygen atoms in total. The van der Waals surface area contributed by atoms with Crippen LogP contribution >= 0.6 is 0 Å². The minimum absolute atomic E-state index is 0.108. The number of carboxylic acids is 1.